The molecule has 0 aliphatic carbocycles. The van der Waals surface area contributed by atoms with Gasteiger partial charge in [0.1, 0.15) is 11.2 Å². The van der Waals surface area contributed by atoms with Gasteiger partial charge in [-0.3, -0.25) is 9.59 Å². The van der Waals surface area contributed by atoms with Gasteiger partial charge in [0.25, 0.3) is 5.91 Å². The van der Waals surface area contributed by atoms with Crippen LogP contribution in [0.25, 0.3) is 16.7 Å². The topological polar surface area (TPSA) is 79.8 Å². The first-order valence-corrected chi connectivity index (χ1v) is 9.05. The van der Waals surface area contributed by atoms with Crippen LogP contribution in [0.2, 0.25) is 0 Å². The molecule has 2 heterocycles. The molecule has 0 unspecified atom stereocenters. The number of rotatable bonds is 4. The van der Waals surface area contributed by atoms with Crippen LogP contribution < -0.4 is 10.7 Å². The van der Waals surface area contributed by atoms with Crippen molar-refractivity contribution < 1.29 is 4.79 Å². The van der Waals surface area contributed by atoms with Gasteiger partial charge in [-0.15, -0.1) is 0 Å². The fourth-order valence-electron chi connectivity index (χ4n) is 3.18. The van der Waals surface area contributed by atoms with Gasteiger partial charge in [-0.05, 0) is 31.5 Å². The standard InChI is InChI=1S/C22H20N4O2/c1-14-8-10-16(11-9-14)12-24-22(28)18-13-23-21-19(20(18)27)15(2)25-26(21)17-6-4-3-5-7-17/h3-11,13H,12H2,1-2H3,(H,23,27)(H,24,28). The number of aryl methyl sites for hydroxylation is 2. The van der Waals surface area contributed by atoms with E-state index in [0.29, 0.717) is 23.3 Å². The van der Waals surface area contributed by atoms with Crippen molar-refractivity contribution in [3.63, 3.8) is 0 Å². The first-order valence-electron chi connectivity index (χ1n) is 9.05. The maximum absolute atomic E-state index is 13.0. The number of aromatic amines is 1. The van der Waals surface area contributed by atoms with Gasteiger partial charge >= 0.3 is 0 Å². The minimum absolute atomic E-state index is 0.0790. The van der Waals surface area contributed by atoms with Crippen molar-refractivity contribution in [3.05, 3.63) is 93.4 Å². The molecule has 140 valence electrons. The van der Waals surface area contributed by atoms with Crippen molar-refractivity contribution in [2.75, 3.05) is 0 Å². The van der Waals surface area contributed by atoms with Crippen LogP contribution >= 0.6 is 0 Å². The fourth-order valence-corrected chi connectivity index (χ4v) is 3.18. The Morgan fingerprint density at radius 3 is 2.50 bits per heavy atom. The van der Waals surface area contributed by atoms with Crippen LogP contribution in [-0.4, -0.2) is 20.7 Å². The molecule has 0 aliphatic rings. The summed E-state index contributed by atoms with van der Waals surface area (Å²) in [6, 6.07) is 17.4. The number of carbonyl (C=O) groups excluding carboxylic acids is 1. The van der Waals surface area contributed by atoms with Gasteiger partial charge in [-0.1, -0.05) is 48.0 Å². The molecule has 1 amide bonds. The number of hydrogen-bond acceptors (Lipinski definition) is 3. The number of aromatic nitrogens is 3. The molecule has 4 aromatic rings. The molecule has 0 spiro atoms. The predicted molar refractivity (Wildman–Crippen MR) is 109 cm³/mol. The first kappa shape index (κ1) is 17.7. The maximum atomic E-state index is 13.0. The van der Waals surface area contributed by atoms with Crippen LogP contribution in [0.5, 0.6) is 0 Å². The summed E-state index contributed by atoms with van der Waals surface area (Å²) in [5, 5.41) is 7.71. The second-order valence-corrected chi connectivity index (χ2v) is 6.76. The highest BCUT2D eigenvalue weighted by molar-refractivity contribution is 5.97. The second kappa shape index (κ2) is 7.15. The summed E-state index contributed by atoms with van der Waals surface area (Å²) in [5.41, 5.74) is 3.88. The van der Waals surface area contributed by atoms with Crippen LogP contribution in [0.4, 0.5) is 0 Å². The van der Waals surface area contributed by atoms with E-state index in [2.05, 4.69) is 15.4 Å². The Bertz CT molecular complexity index is 1210. The van der Waals surface area contributed by atoms with Crippen molar-refractivity contribution in [1.82, 2.24) is 20.1 Å². The van der Waals surface area contributed by atoms with E-state index in [-0.39, 0.29) is 11.0 Å². The number of hydrogen-bond donors (Lipinski definition) is 2. The Labute approximate surface area is 161 Å². The van der Waals surface area contributed by atoms with Crippen molar-refractivity contribution in [2.24, 2.45) is 0 Å². The lowest BCUT2D eigenvalue weighted by Gasteiger charge is -2.06. The highest BCUT2D eigenvalue weighted by Crippen LogP contribution is 2.17. The van der Waals surface area contributed by atoms with Gasteiger partial charge in [-0.25, -0.2) is 4.68 Å². The highest BCUT2D eigenvalue weighted by atomic mass is 16.2. The molecule has 2 aromatic carbocycles. The van der Waals surface area contributed by atoms with Gasteiger partial charge in [-0.2, -0.15) is 5.10 Å². The SMILES string of the molecule is Cc1ccc(CNC(=O)c2c[nH]c3c(c(C)nn3-c3ccccc3)c2=O)cc1. The minimum atomic E-state index is -0.407. The number of carbonyl (C=O) groups is 1. The molecule has 2 aromatic heterocycles. The normalized spacial score (nSPS) is 10.9. The van der Waals surface area contributed by atoms with Crippen LogP contribution in [0, 0.1) is 13.8 Å². The number of fused-ring (bicyclic) bond motifs is 1. The summed E-state index contributed by atoms with van der Waals surface area (Å²) >= 11 is 0. The van der Waals surface area contributed by atoms with Gasteiger partial charge < -0.3 is 10.3 Å². The smallest absolute Gasteiger partial charge is 0.257 e. The Kier molecular flexibility index (Phi) is 4.53. The molecule has 6 heteroatoms. The molecule has 28 heavy (non-hydrogen) atoms. The average molecular weight is 372 g/mol. The average Bonchev–Trinajstić information content (AvgIpc) is 3.05. The molecule has 0 atom stereocenters. The van der Waals surface area contributed by atoms with Crippen molar-refractivity contribution in [2.45, 2.75) is 20.4 Å². The van der Waals surface area contributed by atoms with Gasteiger partial charge in [0.05, 0.1) is 16.8 Å². The zero-order chi connectivity index (χ0) is 19.7. The summed E-state index contributed by atoms with van der Waals surface area (Å²) in [6.07, 6.45) is 1.45. The molecule has 0 saturated carbocycles. The minimum Gasteiger partial charge on any atom is -0.348 e. The largest absolute Gasteiger partial charge is 0.348 e. The summed E-state index contributed by atoms with van der Waals surface area (Å²) < 4.78 is 1.68. The zero-order valence-electron chi connectivity index (χ0n) is 15.7. The van der Waals surface area contributed by atoms with Crippen molar-refractivity contribution in [1.29, 1.82) is 0 Å². The molecule has 4 rings (SSSR count). The lowest BCUT2D eigenvalue weighted by Crippen LogP contribution is -2.28. The van der Waals surface area contributed by atoms with Gasteiger partial charge in [0.15, 0.2) is 0 Å². The molecule has 0 radical (unpaired) electrons. The summed E-state index contributed by atoms with van der Waals surface area (Å²) in [7, 11) is 0. The van der Waals surface area contributed by atoms with Gasteiger partial charge in [0.2, 0.25) is 5.43 Å². The quantitative estimate of drug-likeness (QED) is 0.577. The van der Waals surface area contributed by atoms with E-state index in [1.807, 2.05) is 61.5 Å². The lowest BCUT2D eigenvalue weighted by molar-refractivity contribution is 0.0949. The van der Waals surface area contributed by atoms with E-state index >= 15 is 0 Å². The molecule has 0 bridgehead atoms. The Morgan fingerprint density at radius 2 is 1.79 bits per heavy atom. The zero-order valence-corrected chi connectivity index (χ0v) is 15.7. The number of benzene rings is 2. The van der Waals surface area contributed by atoms with E-state index in [1.54, 1.807) is 11.6 Å². The molecule has 2 N–H and O–H groups in total. The van der Waals surface area contributed by atoms with E-state index in [4.69, 9.17) is 0 Å². The molecular weight excluding hydrogens is 352 g/mol. The number of nitrogens with one attached hydrogen (secondary N) is 2. The molecular formula is C22H20N4O2. The van der Waals surface area contributed by atoms with Crippen molar-refractivity contribution in [3.8, 4) is 5.69 Å². The van der Waals surface area contributed by atoms with Crippen molar-refractivity contribution >= 4 is 16.9 Å². The number of nitrogens with zero attached hydrogens (tertiary/aromatic N) is 2. The molecule has 0 saturated heterocycles. The van der Waals surface area contributed by atoms with Gasteiger partial charge in [0, 0.05) is 12.7 Å². The monoisotopic (exact) mass is 372 g/mol. The second-order valence-electron chi connectivity index (χ2n) is 6.76. The number of pyridine rings is 1. The number of amides is 1. The summed E-state index contributed by atoms with van der Waals surface area (Å²) in [6.45, 7) is 4.14. The lowest BCUT2D eigenvalue weighted by atomic mass is 10.1. The Hall–Kier alpha value is -3.67. The number of H-pyrrole nitrogens is 1. The summed E-state index contributed by atoms with van der Waals surface area (Å²) in [5.74, 6) is -0.407. The van der Waals surface area contributed by atoms with E-state index in [1.165, 1.54) is 6.20 Å². The molecule has 0 fully saturated rings. The Balaban J connectivity index is 1.66. The fraction of sp³-hybridized carbons (Fsp3) is 0.136. The third kappa shape index (κ3) is 3.20. The predicted octanol–water partition coefficient (Wildman–Crippen LogP) is 3.26. The van der Waals surface area contributed by atoms with Crippen LogP contribution in [0.15, 0.2) is 65.6 Å². The van der Waals surface area contributed by atoms with Crippen LogP contribution in [0.1, 0.15) is 27.2 Å². The summed E-state index contributed by atoms with van der Waals surface area (Å²) in [4.78, 5) is 28.6. The first-order chi connectivity index (χ1) is 13.5. The third-order valence-corrected chi connectivity index (χ3v) is 4.70. The number of para-hydroxylation sites is 1. The van der Waals surface area contributed by atoms with E-state index < -0.39 is 5.91 Å². The molecule has 6 nitrogen and oxygen atoms in total. The third-order valence-electron chi connectivity index (χ3n) is 4.70. The van der Waals surface area contributed by atoms with E-state index in [0.717, 1.165) is 16.8 Å². The van der Waals surface area contributed by atoms with E-state index in [9.17, 15) is 9.59 Å². The van der Waals surface area contributed by atoms with Crippen LogP contribution in [-0.2, 0) is 6.54 Å². The Morgan fingerprint density at radius 1 is 1.07 bits per heavy atom. The highest BCUT2D eigenvalue weighted by Gasteiger charge is 2.18. The maximum Gasteiger partial charge on any atom is 0.257 e. The molecule has 0 aliphatic heterocycles. The van der Waals surface area contributed by atoms with Crippen LogP contribution in [0.3, 0.4) is 0 Å².